The van der Waals surface area contributed by atoms with Gasteiger partial charge in [-0.3, -0.25) is 9.59 Å². The molecule has 4 heteroatoms. The molecule has 0 spiro atoms. The van der Waals surface area contributed by atoms with Gasteiger partial charge in [-0.15, -0.1) is 0 Å². The Morgan fingerprint density at radius 3 is 2.18 bits per heavy atom. The van der Waals surface area contributed by atoms with Gasteiger partial charge in [0.25, 0.3) is 0 Å². The Morgan fingerprint density at radius 1 is 1.09 bits per heavy atom. The zero-order chi connectivity index (χ0) is 16.8. The van der Waals surface area contributed by atoms with Crippen molar-refractivity contribution in [2.24, 2.45) is 5.92 Å². The third kappa shape index (κ3) is 7.25. The minimum Gasteiger partial charge on any atom is -0.463 e. The number of hydrogen-bond donors (Lipinski definition) is 0. The van der Waals surface area contributed by atoms with Crippen molar-refractivity contribution in [3.8, 4) is 0 Å². The van der Waals surface area contributed by atoms with Crippen molar-refractivity contribution in [3.63, 3.8) is 0 Å². The molecule has 0 unspecified atom stereocenters. The van der Waals surface area contributed by atoms with Crippen molar-refractivity contribution < 1.29 is 19.1 Å². The third-order valence-electron chi connectivity index (χ3n) is 2.84. The number of hydrogen-bond acceptors (Lipinski definition) is 4. The lowest BCUT2D eigenvalue weighted by molar-refractivity contribution is -0.163. The highest BCUT2D eigenvalue weighted by atomic mass is 16.6. The molecule has 0 heterocycles. The van der Waals surface area contributed by atoms with Crippen LogP contribution in [0, 0.1) is 5.92 Å². The summed E-state index contributed by atoms with van der Waals surface area (Å²) in [7, 11) is 0. The van der Waals surface area contributed by atoms with Gasteiger partial charge in [-0.25, -0.2) is 0 Å². The molecule has 0 aliphatic carbocycles. The second-order valence-electron chi connectivity index (χ2n) is 6.66. The molecule has 1 aromatic rings. The molecule has 1 rings (SSSR count). The Morgan fingerprint density at radius 2 is 1.68 bits per heavy atom. The summed E-state index contributed by atoms with van der Waals surface area (Å²) in [5.41, 5.74) is 0.438. The predicted octanol–water partition coefficient (Wildman–Crippen LogP) is 3.53. The molecule has 0 saturated carbocycles. The van der Waals surface area contributed by atoms with E-state index >= 15 is 0 Å². The van der Waals surface area contributed by atoms with Crippen LogP contribution in [-0.2, 0) is 25.5 Å². The van der Waals surface area contributed by atoms with Gasteiger partial charge >= 0.3 is 11.9 Å². The van der Waals surface area contributed by atoms with Gasteiger partial charge in [0.1, 0.15) is 5.60 Å². The Hall–Kier alpha value is -1.84. The predicted molar refractivity (Wildman–Crippen MR) is 85.3 cm³/mol. The molecular formula is C18H26O4. The maximum atomic E-state index is 12.2. The molecule has 122 valence electrons. The summed E-state index contributed by atoms with van der Waals surface area (Å²) in [6, 6.07) is 9.61. The third-order valence-corrected chi connectivity index (χ3v) is 2.84. The fourth-order valence-electron chi connectivity index (χ4n) is 2.05. The summed E-state index contributed by atoms with van der Waals surface area (Å²) in [4.78, 5) is 24.2. The van der Waals surface area contributed by atoms with Crippen LogP contribution in [0.25, 0.3) is 0 Å². The van der Waals surface area contributed by atoms with Crippen LogP contribution in [0.15, 0.2) is 30.3 Å². The van der Waals surface area contributed by atoms with Crippen molar-refractivity contribution in [2.75, 3.05) is 0 Å². The van der Waals surface area contributed by atoms with Crippen molar-refractivity contribution in [3.05, 3.63) is 35.9 Å². The molecule has 4 nitrogen and oxygen atoms in total. The Bertz CT molecular complexity index is 486. The summed E-state index contributed by atoms with van der Waals surface area (Å²) in [6.45, 7) is 9.02. The van der Waals surface area contributed by atoms with Crippen molar-refractivity contribution in [1.82, 2.24) is 0 Å². The highest BCUT2D eigenvalue weighted by Crippen LogP contribution is 2.18. The van der Waals surface area contributed by atoms with Gasteiger partial charge in [0.05, 0.1) is 18.4 Å². The number of benzene rings is 1. The highest BCUT2D eigenvalue weighted by Gasteiger charge is 2.27. The smallest absolute Gasteiger partial charge is 0.310 e. The average Bonchev–Trinajstić information content (AvgIpc) is 2.36. The normalized spacial score (nSPS) is 12.8. The van der Waals surface area contributed by atoms with Crippen molar-refractivity contribution in [1.29, 1.82) is 0 Å². The summed E-state index contributed by atoms with van der Waals surface area (Å²) < 4.78 is 10.6. The Balaban J connectivity index is 2.78. The molecule has 0 radical (unpaired) electrons. The zero-order valence-electron chi connectivity index (χ0n) is 14.1. The minimum atomic E-state index is -0.559. The number of esters is 2. The van der Waals surface area contributed by atoms with Crippen LogP contribution in [0.5, 0.6) is 0 Å². The van der Waals surface area contributed by atoms with Gasteiger partial charge in [0, 0.05) is 0 Å². The number of ether oxygens (including phenoxy) is 2. The molecule has 22 heavy (non-hydrogen) atoms. The van der Waals surface area contributed by atoms with Crippen LogP contribution >= 0.6 is 0 Å². The van der Waals surface area contributed by atoms with Crippen LogP contribution in [0.4, 0.5) is 0 Å². The zero-order valence-corrected chi connectivity index (χ0v) is 14.1. The van der Waals surface area contributed by atoms with Gasteiger partial charge in [-0.1, -0.05) is 30.3 Å². The first-order valence-corrected chi connectivity index (χ1v) is 7.63. The molecule has 1 aromatic carbocycles. The summed E-state index contributed by atoms with van der Waals surface area (Å²) in [6.07, 6.45) is 0.285. The van der Waals surface area contributed by atoms with E-state index in [-0.39, 0.29) is 24.5 Å². The van der Waals surface area contributed by atoms with Crippen molar-refractivity contribution >= 4 is 11.9 Å². The number of carbonyl (C=O) groups is 2. The first-order chi connectivity index (χ1) is 10.2. The SMILES string of the molecule is CC(C)OC(=O)[C@H](CC(=O)OC(C)(C)C)Cc1ccccc1. The maximum Gasteiger partial charge on any atom is 0.310 e. The maximum absolute atomic E-state index is 12.2. The van der Waals surface area contributed by atoms with Gasteiger partial charge in [0.2, 0.25) is 0 Å². The van der Waals surface area contributed by atoms with Crippen LogP contribution in [0.2, 0.25) is 0 Å². The molecule has 0 amide bonds. The quantitative estimate of drug-likeness (QED) is 0.754. The molecule has 0 saturated heterocycles. The number of rotatable bonds is 6. The summed E-state index contributed by atoms with van der Waals surface area (Å²) in [5, 5.41) is 0. The molecule has 0 aliphatic heterocycles. The fourth-order valence-corrected chi connectivity index (χ4v) is 2.05. The lowest BCUT2D eigenvalue weighted by atomic mass is 9.96. The van der Waals surface area contributed by atoms with E-state index in [1.165, 1.54) is 0 Å². The second-order valence-corrected chi connectivity index (χ2v) is 6.66. The highest BCUT2D eigenvalue weighted by molar-refractivity contribution is 5.80. The molecule has 1 atom stereocenters. The van der Waals surface area contributed by atoms with Crippen LogP contribution in [0.1, 0.15) is 46.6 Å². The monoisotopic (exact) mass is 306 g/mol. The van der Waals surface area contributed by atoms with E-state index in [4.69, 9.17) is 9.47 Å². The summed E-state index contributed by atoms with van der Waals surface area (Å²) in [5.74, 6) is -1.27. The fraction of sp³-hybridized carbons (Fsp3) is 0.556. The Labute approximate surface area is 132 Å². The number of carbonyl (C=O) groups excluding carboxylic acids is 2. The largest absolute Gasteiger partial charge is 0.463 e. The molecule has 0 N–H and O–H groups in total. The van der Waals surface area contributed by atoms with Crippen LogP contribution in [0.3, 0.4) is 0 Å². The first-order valence-electron chi connectivity index (χ1n) is 7.63. The first kappa shape index (κ1) is 18.2. The van der Waals surface area contributed by atoms with Gasteiger partial charge in [-0.05, 0) is 46.6 Å². The lowest BCUT2D eigenvalue weighted by Crippen LogP contribution is -2.30. The average molecular weight is 306 g/mol. The van der Waals surface area contributed by atoms with Crippen LogP contribution in [-0.4, -0.2) is 23.6 Å². The van der Waals surface area contributed by atoms with Crippen molar-refractivity contribution in [2.45, 2.75) is 59.2 Å². The van der Waals surface area contributed by atoms with E-state index in [0.717, 1.165) is 5.56 Å². The molecular weight excluding hydrogens is 280 g/mol. The van der Waals surface area contributed by atoms with E-state index in [1.54, 1.807) is 13.8 Å². The van der Waals surface area contributed by atoms with E-state index in [0.29, 0.717) is 6.42 Å². The standard InChI is InChI=1S/C18H26O4/c1-13(2)21-17(20)15(11-14-9-7-6-8-10-14)12-16(19)22-18(3,4)5/h6-10,13,15H,11-12H2,1-5H3/t15-/m0/s1. The molecule has 0 fully saturated rings. The van der Waals surface area contributed by atoms with Gasteiger partial charge in [0.15, 0.2) is 0 Å². The van der Waals surface area contributed by atoms with Crippen LogP contribution < -0.4 is 0 Å². The molecule has 0 aliphatic rings. The van der Waals surface area contributed by atoms with Gasteiger partial charge < -0.3 is 9.47 Å². The Kier molecular flexibility index (Phi) is 6.60. The molecule has 0 bridgehead atoms. The van der Waals surface area contributed by atoms with Gasteiger partial charge in [-0.2, -0.15) is 0 Å². The van der Waals surface area contributed by atoms with E-state index in [9.17, 15) is 9.59 Å². The van der Waals surface area contributed by atoms with E-state index < -0.39 is 11.5 Å². The topological polar surface area (TPSA) is 52.6 Å². The van der Waals surface area contributed by atoms with E-state index in [2.05, 4.69) is 0 Å². The second kappa shape index (κ2) is 7.97. The van der Waals surface area contributed by atoms with E-state index in [1.807, 2.05) is 51.1 Å². The minimum absolute atomic E-state index is 0.0255. The molecule has 0 aromatic heterocycles. The lowest BCUT2D eigenvalue weighted by Gasteiger charge is -2.22. The summed E-state index contributed by atoms with van der Waals surface area (Å²) >= 11 is 0.